The number of imidazole rings is 1. The van der Waals surface area contributed by atoms with Crippen molar-refractivity contribution in [2.75, 3.05) is 0 Å². The number of rotatable bonds is 2. The van der Waals surface area contributed by atoms with Crippen molar-refractivity contribution in [1.82, 2.24) is 9.55 Å². The Balaban J connectivity index is 3.05. The van der Waals surface area contributed by atoms with Crippen molar-refractivity contribution >= 4 is 0 Å². The van der Waals surface area contributed by atoms with Crippen LogP contribution in [0.2, 0.25) is 0 Å². The van der Waals surface area contributed by atoms with Crippen LogP contribution in [0.25, 0.3) is 0 Å². The van der Waals surface area contributed by atoms with Gasteiger partial charge in [-0.3, -0.25) is 0 Å². The van der Waals surface area contributed by atoms with Gasteiger partial charge >= 0.3 is 0 Å². The molecule has 1 aromatic rings. The normalized spacial score (nSPS) is 10.5. The lowest BCUT2D eigenvalue weighted by Gasteiger charge is -2.04. The standard InChI is InChI=1S/C10H15N3/c1-7(2)5-10-12-8(3)9(6-11)13(10)4/h7H,5H2,1-4H3. The number of nitrogens with zero attached hydrogens (tertiary/aromatic N) is 3. The van der Waals surface area contributed by atoms with E-state index in [4.69, 9.17) is 5.26 Å². The maximum atomic E-state index is 8.84. The Hall–Kier alpha value is -1.30. The second-order valence-electron chi connectivity index (χ2n) is 3.73. The first-order chi connectivity index (χ1) is 6.06. The van der Waals surface area contributed by atoms with E-state index in [1.54, 1.807) is 0 Å². The highest BCUT2D eigenvalue weighted by Gasteiger charge is 2.11. The van der Waals surface area contributed by atoms with Gasteiger partial charge in [0, 0.05) is 13.5 Å². The van der Waals surface area contributed by atoms with Crippen LogP contribution in [0.4, 0.5) is 0 Å². The minimum atomic E-state index is 0.576. The molecule has 0 aliphatic carbocycles. The lowest BCUT2D eigenvalue weighted by Crippen LogP contribution is -2.03. The zero-order valence-electron chi connectivity index (χ0n) is 8.63. The van der Waals surface area contributed by atoms with Crippen molar-refractivity contribution in [3.8, 4) is 6.07 Å². The summed E-state index contributed by atoms with van der Waals surface area (Å²) in [6.07, 6.45) is 0.930. The Morgan fingerprint density at radius 2 is 2.15 bits per heavy atom. The monoisotopic (exact) mass is 177 g/mol. The average Bonchev–Trinajstić information content (AvgIpc) is 2.26. The molecule has 0 aromatic carbocycles. The minimum absolute atomic E-state index is 0.576. The second-order valence-corrected chi connectivity index (χ2v) is 3.73. The van der Waals surface area contributed by atoms with E-state index in [9.17, 15) is 0 Å². The zero-order valence-corrected chi connectivity index (χ0v) is 8.63. The SMILES string of the molecule is Cc1nc(CC(C)C)n(C)c1C#N. The molecule has 13 heavy (non-hydrogen) atoms. The summed E-state index contributed by atoms with van der Waals surface area (Å²) in [7, 11) is 1.90. The van der Waals surface area contributed by atoms with Gasteiger partial charge in [0.1, 0.15) is 17.6 Å². The van der Waals surface area contributed by atoms with Gasteiger partial charge in [-0.2, -0.15) is 5.26 Å². The van der Waals surface area contributed by atoms with Crippen molar-refractivity contribution in [1.29, 1.82) is 5.26 Å². The predicted molar refractivity (Wildman–Crippen MR) is 51.2 cm³/mol. The molecule has 3 nitrogen and oxygen atoms in total. The van der Waals surface area contributed by atoms with Gasteiger partial charge in [-0.05, 0) is 12.8 Å². The molecule has 0 spiro atoms. The van der Waals surface area contributed by atoms with E-state index in [2.05, 4.69) is 24.9 Å². The Labute approximate surface area is 79.0 Å². The molecule has 0 unspecified atom stereocenters. The van der Waals surface area contributed by atoms with Gasteiger partial charge in [-0.25, -0.2) is 4.98 Å². The number of hydrogen-bond donors (Lipinski definition) is 0. The molecule has 0 aliphatic rings. The van der Waals surface area contributed by atoms with Crippen molar-refractivity contribution in [3.05, 3.63) is 17.2 Å². The summed E-state index contributed by atoms with van der Waals surface area (Å²) < 4.78 is 1.88. The fraction of sp³-hybridized carbons (Fsp3) is 0.600. The minimum Gasteiger partial charge on any atom is -0.323 e. The fourth-order valence-electron chi connectivity index (χ4n) is 1.40. The smallest absolute Gasteiger partial charge is 0.142 e. The van der Waals surface area contributed by atoms with Crippen molar-refractivity contribution in [3.63, 3.8) is 0 Å². The summed E-state index contributed by atoms with van der Waals surface area (Å²) in [5.41, 5.74) is 1.51. The van der Waals surface area contributed by atoms with Crippen LogP contribution in [0.5, 0.6) is 0 Å². The van der Waals surface area contributed by atoms with E-state index in [1.807, 2.05) is 18.5 Å². The Kier molecular flexibility index (Phi) is 2.72. The molecule has 1 rings (SSSR count). The molecule has 0 saturated carbocycles. The third kappa shape index (κ3) is 1.89. The van der Waals surface area contributed by atoms with Gasteiger partial charge in [-0.1, -0.05) is 13.8 Å². The van der Waals surface area contributed by atoms with Crippen molar-refractivity contribution < 1.29 is 0 Å². The van der Waals surface area contributed by atoms with Crippen LogP contribution < -0.4 is 0 Å². The Bertz CT molecular complexity index is 342. The highest BCUT2D eigenvalue weighted by atomic mass is 15.1. The quantitative estimate of drug-likeness (QED) is 0.691. The van der Waals surface area contributed by atoms with E-state index >= 15 is 0 Å². The summed E-state index contributed by atoms with van der Waals surface area (Å²) in [6.45, 7) is 6.18. The zero-order chi connectivity index (χ0) is 10.0. The molecule has 0 aliphatic heterocycles. The molecule has 0 amide bonds. The number of aromatic nitrogens is 2. The van der Waals surface area contributed by atoms with Crippen LogP contribution in [-0.2, 0) is 13.5 Å². The van der Waals surface area contributed by atoms with Crippen LogP contribution >= 0.6 is 0 Å². The second kappa shape index (κ2) is 3.61. The van der Waals surface area contributed by atoms with E-state index < -0.39 is 0 Å². The molecule has 70 valence electrons. The van der Waals surface area contributed by atoms with Crippen LogP contribution in [-0.4, -0.2) is 9.55 Å². The van der Waals surface area contributed by atoms with Gasteiger partial charge in [0.15, 0.2) is 0 Å². The van der Waals surface area contributed by atoms with Crippen molar-refractivity contribution in [2.24, 2.45) is 13.0 Å². The molecular weight excluding hydrogens is 162 g/mol. The largest absolute Gasteiger partial charge is 0.323 e. The van der Waals surface area contributed by atoms with Crippen molar-refractivity contribution in [2.45, 2.75) is 27.2 Å². The van der Waals surface area contributed by atoms with Crippen LogP contribution in [0.15, 0.2) is 0 Å². The van der Waals surface area contributed by atoms with E-state index in [1.165, 1.54) is 0 Å². The maximum absolute atomic E-state index is 8.84. The van der Waals surface area contributed by atoms with Gasteiger partial charge in [0.2, 0.25) is 0 Å². The highest BCUT2D eigenvalue weighted by Crippen LogP contribution is 2.11. The fourth-order valence-corrected chi connectivity index (χ4v) is 1.40. The first kappa shape index (κ1) is 9.79. The molecule has 3 heteroatoms. The van der Waals surface area contributed by atoms with Gasteiger partial charge in [0.25, 0.3) is 0 Å². The number of hydrogen-bond acceptors (Lipinski definition) is 2. The molecule has 0 saturated heterocycles. The molecule has 0 atom stereocenters. The van der Waals surface area contributed by atoms with E-state index in [0.717, 1.165) is 17.9 Å². The van der Waals surface area contributed by atoms with Gasteiger partial charge in [0.05, 0.1) is 5.69 Å². The highest BCUT2D eigenvalue weighted by molar-refractivity contribution is 5.28. The summed E-state index contributed by atoms with van der Waals surface area (Å²) in [5.74, 6) is 1.58. The first-order valence-corrected chi connectivity index (χ1v) is 4.48. The predicted octanol–water partition coefficient (Wildman–Crippen LogP) is 1.80. The van der Waals surface area contributed by atoms with E-state index in [0.29, 0.717) is 11.6 Å². The summed E-state index contributed by atoms with van der Waals surface area (Å²) in [4.78, 5) is 4.36. The van der Waals surface area contributed by atoms with Crippen LogP contribution in [0, 0.1) is 24.2 Å². The Morgan fingerprint density at radius 3 is 2.54 bits per heavy atom. The topological polar surface area (TPSA) is 41.6 Å². The molecule has 1 aromatic heterocycles. The average molecular weight is 177 g/mol. The lowest BCUT2D eigenvalue weighted by atomic mass is 10.1. The summed E-state index contributed by atoms with van der Waals surface area (Å²) in [5, 5.41) is 8.84. The molecule has 1 heterocycles. The number of nitriles is 1. The molecular formula is C10H15N3. The molecule has 0 fully saturated rings. The van der Waals surface area contributed by atoms with Crippen LogP contribution in [0.3, 0.4) is 0 Å². The first-order valence-electron chi connectivity index (χ1n) is 4.48. The number of aryl methyl sites for hydroxylation is 1. The van der Waals surface area contributed by atoms with E-state index in [-0.39, 0.29) is 0 Å². The lowest BCUT2D eigenvalue weighted by molar-refractivity contribution is 0.601. The van der Waals surface area contributed by atoms with Gasteiger partial charge in [-0.15, -0.1) is 0 Å². The van der Waals surface area contributed by atoms with Gasteiger partial charge < -0.3 is 4.57 Å². The molecule has 0 radical (unpaired) electrons. The molecule has 0 bridgehead atoms. The summed E-state index contributed by atoms with van der Waals surface area (Å²) >= 11 is 0. The molecule has 0 N–H and O–H groups in total. The maximum Gasteiger partial charge on any atom is 0.142 e. The summed E-state index contributed by atoms with van der Waals surface area (Å²) in [6, 6.07) is 2.16. The third-order valence-electron chi connectivity index (χ3n) is 2.06. The van der Waals surface area contributed by atoms with Crippen LogP contribution in [0.1, 0.15) is 31.1 Å². The third-order valence-corrected chi connectivity index (χ3v) is 2.06. The Morgan fingerprint density at radius 1 is 1.54 bits per heavy atom.